The normalized spacial score (nSPS) is 23.6. The van der Waals surface area contributed by atoms with Crippen molar-refractivity contribution < 1.29 is 9.53 Å². The molecule has 2 fully saturated rings. The van der Waals surface area contributed by atoms with Crippen LogP contribution >= 0.6 is 11.6 Å². The van der Waals surface area contributed by atoms with Crippen LogP contribution in [0.3, 0.4) is 0 Å². The van der Waals surface area contributed by atoms with Gasteiger partial charge in [0, 0.05) is 24.7 Å². The number of benzene rings is 1. The molecule has 2 N–H and O–H groups in total. The molecule has 126 valence electrons. The highest BCUT2D eigenvalue weighted by molar-refractivity contribution is 6.30. The van der Waals surface area contributed by atoms with E-state index in [1.54, 1.807) is 0 Å². The Morgan fingerprint density at radius 2 is 2.26 bits per heavy atom. The van der Waals surface area contributed by atoms with Crippen molar-refractivity contribution in [2.45, 2.75) is 24.9 Å². The summed E-state index contributed by atoms with van der Waals surface area (Å²) in [5.74, 6) is 0.0998. The molecule has 0 aliphatic carbocycles. The topological polar surface area (TPSA) is 53.6 Å². The van der Waals surface area contributed by atoms with Crippen molar-refractivity contribution in [3.63, 3.8) is 0 Å². The Balaban J connectivity index is 1.68. The van der Waals surface area contributed by atoms with Gasteiger partial charge in [0.15, 0.2) is 0 Å². The predicted octanol–water partition coefficient (Wildman–Crippen LogP) is 1.58. The Kier molecular flexibility index (Phi) is 5.89. The van der Waals surface area contributed by atoms with E-state index < -0.39 is 0 Å². The van der Waals surface area contributed by atoms with Gasteiger partial charge in [-0.05, 0) is 37.1 Å². The summed E-state index contributed by atoms with van der Waals surface area (Å²) in [4.78, 5) is 14.6. The second-order valence-corrected chi connectivity index (χ2v) is 6.55. The van der Waals surface area contributed by atoms with Crippen LogP contribution in [0.15, 0.2) is 24.3 Å². The van der Waals surface area contributed by atoms with Gasteiger partial charge in [0.05, 0.1) is 25.3 Å². The molecule has 0 bridgehead atoms. The van der Waals surface area contributed by atoms with Crippen molar-refractivity contribution in [2.24, 2.45) is 0 Å². The minimum absolute atomic E-state index is 0.0419. The Bertz CT molecular complexity index is 528. The standard InChI is InChI=1S/C17H24ClN3O2/c18-14-4-1-3-13(11-14)16(21-7-9-23-10-8-21)12-20-17(22)15-5-2-6-19-15/h1,3-4,11,15-16,19H,2,5-10,12H2,(H,20,22)/t15-,16+/m1/s1. The fraction of sp³-hybridized carbons (Fsp3) is 0.588. The maximum absolute atomic E-state index is 12.3. The number of carbonyl (C=O) groups is 1. The third-order valence-corrected chi connectivity index (χ3v) is 4.80. The van der Waals surface area contributed by atoms with E-state index in [1.165, 1.54) is 0 Å². The van der Waals surface area contributed by atoms with E-state index >= 15 is 0 Å². The second-order valence-electron chi connectivity index (χ2n) is 6.11. The van der Waals surface area contributed by atoms with Gasteiger partial charge >= 0.3 is 0 Å². The number of nitrogens with one attached hydrogen (secondary N) is 2. The number of rotatable bonds is 5. The summed E-state index contributed by atoms with van der Waals surface area (Å²) in [5.41, 5.74) is 1.14. The summed E-state index contributed by atoms with van der Waals surface area (Å²) in [6.45, 7) is 4.73. The maximum Gasteiger partial charge on any atom is 0.237 e. The highest BCUT2D eigenvalue weighted by Gasteiger charge is 2.26. The van der Waals surface area contributed by atoms with Crippen LogP contribution in [0, 0.1) is 0 Å². The molecule has 5 nitrogen and oxygen atoms in total. The van der Waals surface area contributed by atoms with E-state index in [9.17, 15) is 4.79 Å². The third kappa shape index (κ3) is 4.44. The molecule has 2 atom stereocenters. The highest BCUT2D eigenvalue weighted by Crippen LogP contribution is 2.24. The van der Waals surface area contributed by atoms with Gasteiger partial charge in [-0.3, -0.25) is 9.69 Å². The fourth-order valence-electron chi connectivity index (χ4n) is 3.29. The lowest BCUT2D eigenvalue weighted by atomic mass is 10.0. The molecule has 3 rings (SSSR count). The fourth-order valence-corrected chi connectivity index (χ4v) is 3.49. The van der Waals surface area contributed by atoms with E-state index in [2.05, 4.69) is 21.6 Å². The highest BCUT2D eigenvalue weighted by atomic mass is 35.5. The molecule has 23 heavy (non-hydrogen) atoms. The SMILES string of the molecule is O=C(NC[C@@H](c1cccc(Cl)c1)N1CCOCC1)[C@H]1CCCN1. The zero-order chi connectivity index (χ0) is 16.1. The minimum Gasteiger partial charge on any atom is -0.379 e. The zero-order valence-corrected chi connectivity index (χ0v) is 14.0. The van der Waals surface area contributed by atoms with Gasteiger partial charge in [0.2, 0.25) is 5.91 Å². The lowest BCUT2D eigenvalue weighted by Gasteiger charge is -2.35. The van der Waals surface area contributed by atoms with Crippen molar-refractivity contribution >= 4 is 17.5 Å². The van der Waals surface area contributed by atoms with Crippen LogP contribution in [0.2, 0.25) is 5.02 Å². The number of halogens is 1. The predicted molar refractivity (Wildman–Crippen MR) is 90.6 cm³/mol. The molecule has 6 heteroatoms. The van der Waals surface area contributed by atoms with Crippen molar-refractivity contribution in [3.8, 4) is 0 Å². The van der Waals surface area contributed by atoms with Crippen molar-refractivity contribution in [3.05, 3.63) is 34.9 Å². The van der Waals surface area contributed by atoms with Gasteiger partial charge in [0.1, 0.15) is 0 Å². The summed E-state index contributed by atoms with van der Waals surface area (Å²) in [6.07, 6.45) is 1.99. The van der Waals surface area contributed by atoms with Crippen molar-refractivity contribution in [1.82, 2.24) is 15.5 Å². The molecule has 0 aromatic heterocycles. The third-order valence-electron chi connectivity index (χ3n) is 4.57. The van der Waals surface area contributed by atoms with E-state index in [4.69, 9.17) is 16.3 Å². The molecule has 0 spiro atoms. The van der Waals surface area contributed by atoms with Crippen LogP contribution in [0.1, 0.15) is 24.4 Å². The zero-order valence-electron chi connectivity index (χ0n) is 13.3. The first kappa shape index (κ1) is 16.7. The van der Waals surface area contributed by atoms with Crippen LogP contribution in [0.5, 0.6) is 0 Å². The van der Waals surface area contributed by atoms with Gasteiger partial charge in [-0.15, -0.1) is 0 Å². The molecule has 1 aromatic carbocycles. The molecule has 1 amide bonds. The number of hydrogen-bond acceptors (Lipinski definition) is 4. The van der Waals surface area contributed by atoms with Gasteiger partial charge < -0.3 is 15.4 Å². The summed E-state index contributed by atoms with van der Waals surface area (Å²) in [5, 5.41) is 7.08. The molecule has 2 heterocycles. The summed E-state index contributed by atoms with van der Waals surface area (Å²) in [7, 11) is 0. The minimum atomic E-state index is -0.0419. The summed E-state index contributed by atoms with van der Waals surface area (Å²) in [6, 6.07) is 7.99. The Labute approximate surface area is 142 Å². The van der Waals surface area contributed by atoms with Gasteiger partial charge in [-0.1, -0.05) is 23.7 Å². The number of ether oxygens (including phenoxy) is 1. The number of morpholine rings is 1. The number of hydrogen-bond donors (Lipinski definition) is 2. The average Bonchev–Trinajstić information content (AvgIpc) is 3.10. The molecule has 0 saturated carbocycles. The Morgan fingerprint density at radius 3 is 2.96 bits per heavy atom. The van der Waals surface area contributed by atoms with Gasteiger partial charge in [0.25, 0.3) is 0 Å². The Morgan fingerprint density at radius 1 is 1.43 bits per heavy atom. The molecule has 0 unspecified atom stereocenters. The molecule has 2 aliphatic rings. The molecule has 0 radical (unpaired) electrons. The Hall–Kier alpha value is -1.14. The van der Waals surface area contributed by atoms with E-state index in [0.717, 1.165) is 56.3 Å². The summed E-state index contributed by atoms with van der Waals surface area (Å²) >= 11 is 6.15. The molecule has 2 aliphatic heterocycles. The smallest absolute Gasteiger partial charge is 0.237 e. The van der Waals surface area contributed by atoms with Crippen LogP contribution in [-0.2, 0) is 9.53 Å². The van der Waals surface area contributed by atoms with E-state index in [1.807, 2.05) is 18.2 Å². The molecule has 2 saturated heterocycles. The first-order valence-corrected chi connectivity index (χ1v) is 8.70. The van der Waals surface area contributed by atoms with Crippen LogP contribution in [0.25, 0.3) is 0 Å². The van der Waals surface area contributed by atoms with E-state index in [0.29, 0.717) is 6.54 Å². The summed E-state index contributed by atoms with van der Waals surface area (Å²) < 4.78 is 5.45. The quantitative estimate of drug-likeness (QED) is 0.856. The van der Waals surface area contributed by atoms with Gasteiger partial charge in [-0.25, -0.2) is 0 Å². The van der Waals surface area contributed by atoms with Crippen molar-refractivity contribution in [1.29, 1.82) is 0 Å². The molecular weight excluding hydrogens is 314 g/mol. The number of amides is 1. The average molecular weight is 338 g/mol. The first-order chi connectivity index (χ1) is 11.2. The largest absolute Gasteiger partial charge is 0.379 e. The first-order valence-electron chi connectivity index (χ1n) is 8.32. The van der Waals surface area contributed by atoms with Crippen LogP contribution in [-0.4, -0.2) is 56.2 Å². The van der Waals surface area contributed by atoms with Crippen LogP contribution < -0.4 is 10.6 Å². The lowest BCUT2D eigenvalue weighted by molar-refractivity contribution is -0.123. The van der Waals surface area contributed by atoms with Crippen molar-refractivity contribution in [2.75, 3.05) is 39.4 Å². The van der Waals surface area contributed by atoms with Gasteiger partial charge in [-0.2, -0.15) is 0 Å². The number of nitrogens with zero attached hydrogens (tertiary/aromatic N) is 1. The number of carbonyl (C=O) groups excluding carboxylic acids is 1. The molecular formula is C17H24ClN3O2. The maximum atomic E-state index is 12.3. The lowest BCUT2D eigenvalue weighted by Crippen LogP contribution is -2.47. The van der Waals surface area contributed by atoms with Crippen LogP contribution in [0.4, 0.5) is 0 Å². The molecule has 1 aromatic rings. The monoisotopic (exact) mass is 337 g/mol. The van der Waals surface area contributed by atoms with E-state index in [-0.39, 0.29) is 18.0 Å². The second kappa shape index (κ2) is 8.11.